The summed E-state index contributed by atoms with van der Waals surface area (Å²) in [6.07, 6.45) is 2.67. The Morgan fingerprint density at radius 1 is 1.07 bits per heavy atom. The highest BCUT2D eigenvalue weighted by Gasteiger charge is 2.14. The second kappa shape index (κ2) is 9.48. The number of nitrogens with zero attached hydrogens (tertiary/aromatic N) is 6. The number of piperazine rings is 1. The summed E-state index contributed by atoms with van der Waals surface area (Å²) >= 11 is 0. The molecule has 1 aliphatic rings. The number of hydrogen-bond donors (Lipinski definition) is 2. The summed E-state index contributed by atoms with van der Waals surface area (Å²) in [5, 5.41) is 14.6. The van der Waals surface area contributed by atoms with Crippen molar-refractivity contribution in [3.05, 3.63) is 30.5 Å². The zero-order valence-electron chi connectivity index (χ0n) is 16.5. The Morgan fingerprint density at radius 2 is 1.81 bits per heavy atom. The molecular weight excluding hydrogens is 340 g/mol. The number of hydrogen-bond acceptors (Lipinski definition) is 8. The molecule has 1 aromatic heterocycles. The van der Waals surface area contributed by atoms with Gasteiger partial charge in [-0.25, -0.2) is 0 Å². The third-order valence-electron chi connectivity index (χ3n) is 4.63. The summed E-state index contributed by atoms with van der Waals surface area (Å²) in [6, 6.07) is 8.48. The minimum atomic E-state index is 0.549. The smallest absolute Gasteiger partial charge is 0.244 e. The summed E-state index contributed by atoms with van der Waals surface area (Å²) in [6.45, 7) is 6.21. The van der Waals surface area contributed by atoms with Crippen molar-refractivity contribution in [1.82, 2.24) is 25.0 Å². The van der Waals surface area contributed by atoms with Crippen LogP contribution in [0.1, 0.15) is 6.42 Å². The lowest BCUT2D eigenvalue weighted by Crippen LogP contribution is -2.44. The van der Waals surface area contributed by atoms with Crippen LogP contribution in [0, 0.1) is 0 Å². The van der Waals surface area contributed by atoms with E-state index >= 15 is 0 Å². The second-order valence-corrected chi connectivity index (χ2v) is 7.21. The monoisotopic (exact) mass is 370 g/mol. The molecule has 3 rings (SSSR count). The molecule has 2 aromatic rings. The third-order valence-corrected chi connectivity index (χ3v) is 4.63. The van der Waals surface area contributed by atoms with Gasteiger partial charge in [-0.15, -0.1) is 5.10 Å². The Morgan fingerprint density at radius 3 is 2.52 bits per heavy atom. The SMILES string of the molecule is CN(C)CCCNc1nncc(Nc2ccc(N3CCN(C)CC3)cc2)n1. The minimum absolute atomic E-state index is 0.549. The van der Waals surface area contributed by atoms with Crippen molar-refractivity contribution in [3.8, 4) is 0 Å². The second-order valence-electron chi connectivity index (χ2n) is 7.21. The van der Waals surface area contributed by atoms with Crippen molar-refractivity contribution in [1.29, 1.82) is 0 Å². The van der Waals surface area contributed by atoms with Gasteiger partial charge in [0.1, 0.15) is 0 Å². The van der Waals surface area contributed by atoms with Gasteiger partial charge in [0.05, 0.1) is 6.20 Å². The average molecular weight is 371 g/mol. The Hall–Kier alpha value is -2.45. The fourth-order valence-corrected chi connectivity index (χ4v) is 3.00. The first kappa shape index (κ1) is 19.3. The van der Waals surface area contributed by atoms with Gasteiger partial charge in [-0.2, -0.15) is 10.1 Å². The molecule has 0 saturated carbocycles. The van der Waals surface area contributed by atoms with E-state index in [1.54, 1.807) is 6.20 Å². The van der Waals surface area contributed by atoms with Crippen LogP contribution in [-0.4, -0.2) is 85.4 Å². The van der Waals surface area contributed by atoms with Gasteiger partial charge in [-0.3, -0.25) is 0 Å². The van der Waals surface area contributed by atoms with Crippen LogP contribution in [-0.2, 0) is 0 Å². The molecule has 0 aliphatic carbocycles. The lowest BCUT2D eigenvalue weighted by atomic mass is 10.2. The molecule has 0 unspecified atom stereocenters. The number of benzene rings is 1. The first-order chi connectivity index (χ1) is 13.1. The number of rotatable bonds is 8. The zero-order chi connectivity index (χ0) is 19.1. The van der Waals surface area contributed by atoms with Crippen LogP contribution >= 0.6 is 0 Å². The van der Waals surface area contributed by atoms with Crippen LogP contribution < -0.4 is 15.5 Å². The summed E-state index contributed by atoms with van der Waals surface area (Å²) in [5.41, 5.74) is 2.25. The molecule has 146 valence electrons. The molecule has 0 amide bonds. The summed E-state index contributed by atoms with van der Waals surface area (Å²) < 4.78 is 0. The molecular formula is C19H30N8. The topological polar surface area (TPSA) is 72.5 Å². The van der Waals surface area contributed by atoms with Crippen molar-refractivity contribution in [2.45, 2.75) is 6.42 Å². The molecule has 1 aliphatic heterocycles. The largest absolute Gasteiger partial charge is 0.369 e. The van der Waals surface area contributed by atoms with Gasteiger partial charge in [0, 0.05) is 44.1 Å². The number of likely N-dealkylation sites (N-methyl/N-ethyl adjacent to an activating group) is 1. The maximum absolute atomic E-state index is 4.48. The van der Waals surface area contributed by atoms with Crippen molar-refractivity contribution >= 4 is 23.1 Å². The van der Waals surface area contributed by atoms with Gasteiger partial charge in [0.25, 0.3) is 0 Å². The van der Waals surface area contributed by atoms with E-state index in [0.29, 0.717) is 11.8 Å². The van der Waals surface area contributed by atoms with E-state index in [2.05, 4.69) is 85.9 Å². The Bertz CT molecular complexity index is 695. The Kier molecular flexibility index (Phi) is 6.78. The van der Waals surface area contributed by atoms with Crippen molar-refractivity contribution in [2.75, 3.05) is 75.9 Å². The predicted molar refractivity (Wildman–Crippen MR) is 111 cm³/mol. The van der Waals surface area contributed by atoms with Gasteiger partial charge in [-0.05, 0) is 58.4 Å². The normalized spacial score (nSPS) is 15.2. The van der Waals surface area contributed by atoms with Crippen LogP contribution in [0.2, 0.25) is 0 Å². The van der Waals surface area contributed by atoms with Gasteiger partial charge in [0.15, 0.2) is 5.82 Å². The van der Waals surface area contributed by atoms with Crippen molar-refractivity contribution < 1.29 is 0 Å². The van der Waals surface area contributed by atoms with E-state index in [9.17, 15) is 0 Å². The quantitative estimate of drug-likeness (QED) is 0.681. The molecule has 1 aromatic carbocycles. The molecule has 2 heterocycles. The highest BCUT2D eigenvalue weighted by atomic mass is 15.3. The lowest BCUT2D eigenvalue weighted by molar-refractivity contribution is 0.313. The summed E-state index contributed by atoms with van der Waals surface area (Å²) in [7, 11) is 6.31. The van der Waals surface area contributed by atoms with E-state index in [4.69, 9.17) is 0 Å². The summed E-state index contributed by atoms with van der Waals surface area (Å²) in [5.74, 6) is 1.24. The molecule has 1 fully saturated rings. The molecule has 0 spiro atoms. The van der Waals surface area contributed by atoms with Gasteiger partial charge in [-0.1, -0.05) is 0 Å². The van der Waals surface area contributed by atoms with E-state index in [0.717, 1.165) is 51.4 Å². The fourth-order valence-electron chi connectivity index (χ4n) is 3.00. The number of nitrogens with one attached hydrogen (secondary N) is 2. The van der Waals surface area contributed by atoms with Crippen LogP contribution in [0.3, 0.4) is 0 Å². The van der Waals surface area contributed by atoms with Gasteiger partial charge >= 0.3 is 0 Å². The predicted octanol–water partition coefficient (Wildman–Crippen LogP) is 1.73. The maximum atomic E-state index is 4.48. The molecule has 0 radical (unpaired) electrons. The van der Waals surface area contributed by atoms with Crippen LogP contribution in [0.25, 0.3) is 0 Å². The van der Waals surface area contributed by atoms with Crippen LogP contribution in [0.15, 0.2) is 30.5 Å². The van der Waals surface area contributed by atoms with Crippen LogP contribution in [0.4, 0.5) is 23.1 Å². The number of aromatic nitrogens is 3. The zero-order valence-corrected chi connectivity index (χ0v) is 16.5. The fraction of sp³-hybridized carbons (Fsp3) is 0.526. The maximum Gasteiger partial charge on any atom is 0.244 e. The highest BCUT2D eigenvalue weighted by Crippen LogP contribution is 2.21. The minimum Gasteiger partial charge on any atom is -0.369 e. The van der Waals surface area contributed by atoms with Gasteiger partial charge < -0.3 is 25.3 Å². The van der Waals surface area contributed by atoms with Crippen molar-refractivity contribution in [3.63, 3.8) is 0 Å². The van der Waals surface area contributed by atoms with E-state index < -0.39 is 0 Å². The van der Waals surface area contributed by atoms with E-state index in [1.165, 1.54) is 5.69 Å². The molecule has 2 N–H and O–H groups in total. The third kappa shape index (κ3) is 6.04. The first-order valence-electron chi connectivity index (χ1n) is 9.49. The molecule has 0 atom stereocenters. The number of anilines is 4. The summed E-state index contributed by atoms with van der Waals surface area (Å²) in [4.78, 5) is 11.4. The lowest BCUT2D eigenvalue weighted by Gasteiger charge is -2.34. The Labute approximate surface area is 161 Å². The molecule has 8 nitrogen and oxygen atoms in total. The standard InChI is InChI=1S/C19H30N8/c1-25(2)10-4-9-20-19-23-18(15-21-24-19)22-16-5-7-17(8-6-16)27-13-11-26(3)12-14-27/h5-8,15H,4,9-14H2,1-3H3,(H2,20,22,23,24). The van der Waals surface area contributed by atoms with E-state index in [-0.39, 0.29) is 0 Å². The van der Waals surface area contributed by atoms with Gasteiger partial charge in [0.2, 0.25) is 5.95 Å². The highest BCUT2D eigenvalue weighted by molar-refractivity contribution is 5.61. The Balaban J connectivity index is 1.53. The molecule has 8 heteroatoms. The van der Waals surface area contributed by atoms with E-state index in [1.807, 2.05) is 0 Å². The van der Waals surface area contributed by atoms with Crippen LogP contribution in [0.5, 0.6) is 0 Å². The molecule has 0 bridgehead atoms. The molecule has 1 saturated heterocycles. The first-order valence-corrected chi connectivity index (χ1v) is 9.49. The average Bonchev–Trinajstić information content (AvgIpc) is 2.67. The van der Waals surface area contributed by atoms with Crippen molar-refractivity contribution in [2.24, 2.45) is 0 Å². The molecule has 27 heavy (non-hydrogen) atoms.